The van der Waals surface area contributed by atoms with Crippen LogP contribution in [0.5, 0.6) is 0 Å². The summed E-state index contributed by atoms with van der Waals surface area (Å²) in [5.41, 5.74) is 0.258. The van der Waals surface area contributed by atoms with Crippen LogP contribution in [0.15, 0.2) is 30.3 Å². The minimum atomic E-state index is -0.823. The monoisotopic (exact) mass is 261 g/mol. The fraction of sp³-hybridized carbons (Fsp3) is 0.562. The molecule has 1 aliphatic rings. The van der Waals surface area contributed by atoms with Gasteiger partial charge in [-0.25, -0.2) is 0 Å². The van der Waals surface area contributed by atoms with Crippen LogP contribution in [-0.4, -0.2) is 22.7 Å². The molecule has 0 radical (unpaired) electrons. The first kappa shape index (κ1) is 14.1. The Hall–Kier alpha value is -1.35. The maximum atomic E-state index is 11.8. The molecule has 2 rings (SSSR count). The molecule has 1 fully saturated rings. The van der Waals surface area contributed by atoms with E-state index in [2.05, 4.69) is 5.32 Å². The summed E-state index contributed by atoms with van der Waals surface area (Å²) in [5.74, 6) is -0.731. The second-order valence-corrected chi connectivity index (χ2v) is 5.53. The van der Waals surface area contributed by atoms with Crippen molar-refractivity contribution in [3.05, 3.63) is 35.9 Å². The lowest BCUT2D eigenvalue weighted by Gasteiger charge is -2.33. The molecule has 19 heavy (non-hydrogen) atoms. The van der Waals surface area contributed by atoms with Crippen molar-refractivity contribution in [2.45, 2.75) is 57.0 Å². The van der Waals surface area contributed by atoms with Gasteiger partial charge in [0, 0.05) is 12.5 Å². The highest BCUT2D eigenvalue weighted by atomic mass is 16.4. The molecule has 1 aromatic rings. The minimum absolute atomic E-state index is 0.361. The molecular formula is C16H23NO2. The number of hydrogen-bond donors (Lipinski definition) is 2. The molecule has 1 saturated carbocycles. The summed E-state index contributed by atoms with van der Waals surface area (Å²) in [7, 11) is 0. The first-order valence-corrected chi connectivity index (χ1v) is 7.21. The SMILES string of the molecule is CCC(Cc1ccccc1)(NC1CCCC1)C(=O)O. The highest BCUT2D eigenvalue weighted by molar-refractivity contribution is 5.79. The summed E-state index contributed by atoms with van der Waals surface area (Å²) in [6.45, 7) is 1.96. The van der Waals surface area contributed by atoms with Crippen LogP contribution < -0.4 is 5.32 Å². The summed E-state index contributed by atoms with van der Waals surface area (Å²) in [6, 6.07) is 10.3. The van der Waals surface area contributed by atoms with Gasteiger partial charge in [-0.1, -0.05) is 50.1 Å². The van der Waals surface area contributed by atoms with E-state index in [9.17, 15) is 9.90 Å². The highest BCUT2D eigenvalue weighted by Crippen LogP contribution is 2.25. The fourth-order valence-corrected chi connectivity index (χ4v) is 2.97. The number of carbonyl (C=O) groups is 1. The molecule has 1 aromatic carbocycles. The zero-order valence-corrected chi connectivity index (χ0v) is 11.6. The lowest BCUT2D eigenvalue weighted by Crippen LogP contribution is -2.56. The first-order chi connectivity index (χ1) is 9.16. The minimum Gasteiger partial charge on any atom is -0.480 e. The predicted octanol–water partition coefficient (Wildman–Crippen LogP) is 2.99. The van der Waals surface area contributed by atoms with E-state index in [-0.39, 0.29) is 0 Å². The topological polar surface area (TPSA) is 49.3 Å². The quantitative estimate of drug-likeness (QED) is 0.827. The van der Waals surface area contributed by atoms with Crippen molar-refractivity contribution >= 4 is 5.97 Å². The van der Waals surface area contributed by atoms with E-state index in [0.717, 1.165) is 18.4 Å². The average molecular weight is 261 g/mol. The Kier molecular flexibility index (Phi) is 4.59. The molecule has 104 valence electrons. The van der Waals surface area contributed by atoms with Gasteiger partial charge < -0.3 is 5.11 Å². The lowest BCUT2D eigenvalue weighted by molar-refractivity contribution is -0.145. The molecule has 1 atom stereocenters. The summed E-state index contributed by atoms with van der Waals surface area (Å²) in [5, 5.41) is 13.1. The smallest absolute Gasteiger partial charge is 0.324 e. The van der Waals surface area contributed by atoms with Gasteiger partial charge in [0.2, 0.25) is 0 Å². The number of carboxylic acid groups (broad SMARTS) is 1. The molecule has 1 unspecified atom stereocenters. The molecule has 0 saturated heterocycles. The van der Waals surface area contributed by atoms with Gasteiger partial charge in [0.25, 0.3) is 0 Å². The van der Waals surface area contributed by atoms with E-state index in [1.54, 1.807) is 0 Å². The number of carboxylic acids is 1. The standard InChI is InChI=1S/C16H23NO2/c1-2-16(15(18)19,17-14-10-6-7-11-14)12-13-8-4-3-5-9-13/h3-5,8-9,14,17H,2,6-7,10-12H2,1H3,(H,18,19). The van der Waals surface area contributed by atoms with E-state index in [0.29, 0.717) is 18.9 Å². The van der Waals surface area contributed by atoms with E-state index in [1.807, 2.05) is 37.3 Å². The average Bonchev–Trinajstić information content (AvgIpc) is 2.91. The Morgan fingerprint density at radius 3 is 2.47 bits per heavy atom. The van der Waals surface area contributed by atoms with Crippen LogP contribution in [0, 0.1) is 0 Å². The zero-order chi connectivity index (χ0) is 13.7. The van der Waals surface area contributed by atoms with Gasteiger partial charge in [-0.15, -0.1) is 0 Å². The van der Waals surface area contributed by atoms with Gasteiger partial charge in [0.15, 0.2) is 0 Å². The normalized spacial score (nSPS) is 19.2. The highest BCUT2D eigenvalue weighted by Gasteiger charge is 2.39. The van der Waals surface area contributed by atoms with Crippen molar-refractivity contribution in [1.82, 2.24) is 5.32 Å². The van der Waals surface area contributed by atoms with Crippen molar-refractivity contribution < 1.29 is 9.90 Å². The Morgan fingerprint density at radius 2 is 1.95 bits per heavy atom. The maximum Gasteiger partial charge on any atom is 0.324 e. The molecule has 0 amide bonds. The van der Waals surface area contributed by atoms with E-state index < -0.39 is 11.5 Å². The second kappa shape index (κ2) is 6.20. The van der Waals surface area contributed by atoms with Gasteiger partial charge in [0.05, 0.1) is 0 Å². The molecule has 0 bridgehead atoms. The molecular weight excluding hydrogens is 238 g/mol. The Morgan fingerprint density at radius 1 is 1.32 bits per heavy atom. The molecule has 0 aliphatic heterocycles. The predicted molar refractivity (Wildman–Crippen MR) is 76.2 cm³/mol. The molecule has 1 aliphatic carbocycles. The van der Waals surface area contributed by atoms with Crippen LogP contribution in [0.4, 0.5) is 0 Å². The maximum absolute atomic E-state index is 11.8. The molecule has 0 spiro atoms. The summed E-state index contributed by atoms with van der Waals surface area (Å²) < 4.78 is 0. The van der Waals surface area contributed by atoms with E-state index in [1.165, 1.54) is 12.8 Å². The van der Waals surface area contributed by atoms with Crippen molar-refractivity contribution in [2.75, 3.05) is 0 Å². The van der Waals surface area contributed by atoms with Gasteiger partial charge >= 0.3 is 5.97 Å². The largest absolute Gasteiger partial charge is 0.480 e. The van der Waals surface area contributed by atoms with E-state index in [4.69, 9.17) is 0 Å². The summed E-state index contributed by atoms with van der Waals surface area (Å²) in [4.78, 5) is 11.8. The molecule has 2 N–H and O–H groups in total. The van der Waals surface area contributed by atoms with E-state index >= 15 is 0 Å². The molecule has 0 heterocycles. The van der Waals surface area contributed by atoms with Crippen molar-refractivity contribution in [2.24, 2.45) is 0 Å². The number of nitrogens with one attached hydrogen (secondary N) is 1. The van der Waals surface area contributed by atoms with Gasteiger partial charge in [-0.2, -0.15) is 0 Å². The molecule has 3 heteroatoms. The third-order valence-corrected chi connectivity index (χ3v) is 4.20. The zero-order valence-electron chi connectivity index (χ0n) is 11.6. The van der Waals surface area contributed by atoms with Gasteiger partial charge in [-0.3, -0.25) is 10.1 Å². The number of aliphatic carboxylic acids is 1. The van der Waals surface area contributed by atoms with Crippen LogP contribution in [0.1, 0.15) is 44.6 Å². The second-order valence-electron chi connectivity index (χ2n) is 5.53. The van der Waals surface area contributed by atoms with Gasteiger partial charge in [0.1, 0.15) is 5.54 Å². The number of hydrogen-bond acceptors (Lipinski definition) is 2. The van der Waals surface area contributed by atoms with Crippen LogP contribution >= 0.6 is 0 Å². The molecule has 0 aromatic heterocycles. The first-order valence-electron chi connectivity index (χ1n) is 7.21. The Balaban J connectivity index is 2.15. The van der Waals surface area contributed by atoms with Crippen LogP contribution in [0.3, 0.4) is 0 Å². The van der Waals surface area contributed by atoms with Crippen LogP contribution in [-0.2, 0) is 11.2 Å². The lowest BCUT2D eigenvalue weighted by atomic mass is 9.87. The van der Waals surface area contributed by atoms with Crippen molar-refractivity contribution in [1.29, 1.82) is 0 Å². The van der Waals surface area contributed by atoms with Crippen molar-refractivity contribution in [3.63, 3.8) is 0 Å². The Labute approximate surface area is 115 Å². The summed E-state index contributed by atoms with van der Waals surface area (Å²) >= 11 is 0. The summed E-state index contributed by atoms with van der Waals surface area (Å²) in [6.07, 6.45) is 5.78. The van der Waals surface area contributed by atoms with Crippen molar-refractivity contribution in [3.8, 4) is 0 Å². The third kappa shape index (κ3) is 3.35. The fourth-order valence-electron chi connectivity index (χ4n) is 2.97. The van der Waals surface area contributed by atoms with Crippen LogP contribution in [0.25, 0.3) is 0 Å². The number of rotatable bonds is 6. The third-order valence-electron chi connectivity index (χ3n) is 4.20. The van der Waals surface area contributed by atoms with Crippen LogP contribution in [0.2, 0.25) is 0 Å². The van der Waals surface area contributed by atoms with Gasteiger partial charge in [-0.05, 0) is 24.8 Å². The molecule has 3 nitrogen and oxygen atoms in total. The number of benzene rings is 1. The Bertz CT molecular complexity index is 412.